The third-order valence-corrected chi connectivity index (χ3v) is 3.81. The predicted octanol–water partition coefficient (Wildman–Crippen LogP) is 2.97. The molecule has 0 aliphatic carbocycles. The molecular formula is C13H15F2NO3S. The van der Waals surface area contributed by atoms with Gasteiger partial charge in [0.05, 0.1) is 12.8 Å². The maximum Gasteiger partial charge on any atom is 0.319 e. The van der Waals surface area contributed by atoms with Gasteiger partial charge in [-0.05, 0) is 12.5 Å². The van der Waals surface area contributed by atoms with Crippen LogP contribution in [0.25, 0.3) is 0 Å². The van der Waals surface area contributed by atoms with Crippen LogP contribution in [0.3, 0.4) is 0 Å². The van der Waals surface area contributed by atoms with Crippen LogP contribution in [0.15, 0.2) is 17.0 Å². The number of carbonyl (C=O) groups is 2. The van der Waals surface area contributed by atoms with E-state index in [1.165, 1.54) is 20.1 Å². The van der Waals surface area contributed by atoms with Crippen LogP contribution in [-0.4, -0.2) is 24.2 Å². The molecule has 0 aliphatic heterocycles. The standard InChI is InChI=1S/C13H15F2NO3S/c1-4-11(13(18)19-3)20-12-6-10(16-7(2)17)8(14)5-9(12)15/h5-6,11H,4H2,1-3H3,(H,16,17). The number of nitrogens with one attached hydrogen (secondary N) is 1. The van der Waals surface area contributed by atoms with E-state index >= 15 is 0 Å². The summed E-state index contributed by atoms with van der Waals surface area (Å²) in [5.74, 6) is -2.61. The molecule has 0 spiro atoms. The molecule has 1 rings (SSSR count). The Hall–Kier alpha value is -1.63. The second-order valence-corrected chi connectivity index (χ2v) is 5.23. The lowest BCUT2D eigenvalue weighted by molar-refractivity contribution is -0.140. The highest BCUT2D eigenvalue weighted by Gasteiger charge is 2.21. The number of thioether (sulfide) groups is 1. The van der Waals surface area contributed by atoms with Gasteiger partial charge in [-0.25, -0.2) is 8.78 Å². The van der Waals surface area contributed by atoms with Crippen molar-refractivity contribution in [3.05, 3.63) is 23.8 Å². The van der Waals surface area contributed by atoms with Gasteiger partial charge in [0.15, 0.2) is 0 Å². The van der Waals surface area contributed by atoms with Crippen LogP contribution in [0.1, 0.15) is 20.3 Å². The molecule has 1 amide bonds. The van der Waals surface area contributed by atoms with Crippen LogP contribution in [0, 0.1) is 11.6 Å². The maximum absolute atomic E-state index is 13.7. The number of ether oxygens (including phenoxy) is 1. The molecule has 1 N–H and O–H groups in total. The summed E-state index contributed by atoms with van der Waals surface area (Å²) in [7, 11) is 1.25. The molecule has 110 valence electrons. The molecule has 0 aromatic heterocycles. The third kappa shape index (κ3) is 4.19. The van der Waals surface area contributed by atoms with Crippen molar-refractivity contribution in [2.24, 2.45) is 0 Å². The Bertz CT molecular complexity index is 523. The van der Waals surface area contributed by atoms with E-state index in [0.29, 0.717) is 12.5 Å². The molecule has 7 heteroatoms. The van der Waals surface area contributed by atoms with Gasteiger partial charge in [-0.2, -0.15) is 0 Å². The summed E-state index contributed by atoms with van der Waals surface area (Å²) < 4.78 is 31.8. The fourth-order valence-corrected chi connectivity index (χ4v) is 2.51. The van der Waals surface area contributed by atoms with Crippen molar-refractivity contribution in [2.45, 2.75) is 30.4 Å². The minimum atomic E-state index is -0.867. The molecule has 0 saturated heterocycles. The van der Waals surface area contributed by atoms with E-state index in [-0.39, 0.29) is 10.6 Å². The van der Waals surface area contributed by atoms with E-state index < -0.39 is 28.8 Å². The summed E-state index contributed by atoms with van der Waals surface area (Å²) in [6.45, 7) is 2.98. The molecule has 0 aliphatic rings. The first-order chi connectivity index (χ1) is 9.38. The van der Waals surface area contributed by atoms with E-state index in [4.69, 9.17) is 0 Å². The van der Waals surface area contributed by atoms with E-state index in [0.717, 1.165) is 11.8 Å². The first-order valence-electron chi connectivity index (χ1n) is 5.90. The van der Waals surface area contributed by atoms with Gasteiger partial charge in [0.25, 0.3) is 0 Å². The van der Waals surface area contributed by atoms with Crippen molar-refractivity contribution in [2.75, 3.05) is 12.4 Å². The first-order valence-corrected chi connectivity index (χ1v) is 6.78. The highest BCUT2D eigenvalue weighted by atomic mass is 32.2. The van der Waals surface area contributed by atoms with Gasteiger partial charge >= 0.3 is 5.97 Å². The van der Waals surface area contributed by atoms with Crippen molar-refractivity contribution in [3.63, 3.8) is 0 Å². The van der Waals surface area contributed by atoms with Gasteiger partial charge in [0, 0.05) is 17.9 Å². The van der Waals surface area contributed by atoms with Crippen molar-refractivity contribution in [1.82, 2.24) is 0 Å². The molecule has 1 unspecified atom stereocenters. The van der Waals surface area contributed by atoms with Crippen molar-refractivity contribution >= 4 is 29.3 Å². The molecule has 0 bridgehead atoms. The Morgan fingerprint density at radius 3 is 2.50 bits per heavy atom. The van der Waals surface area contributed by atoms with Crippen LogP contribution in [0.2, 0.25) is 0 Å². The van der Waals surface area contributed by atoms with Crippen molar-refractivity contribution in [1.29, 1.82) is 0 Å². The molecule has 0 radical (unpaired) electrons. The number of carbonyl (C=O) groups excluding carboxylic acids is 2. The Balaban J connectivity index is 3.05. The van der Waals surface area contributed by atoms with Crippen molar-refractivity contribution in [3.8, 4) is 0 Å². The van der Waals surface area contributed by atoms with Crippen LogP contribution in [-0.2, 0) is 14.3 Å². The average Bonchev–Trinajstić information content (AvgIpc) is 2.39. The number of amides is 1. The number of halogens is 2. The lowest BCUT2D eigenvalue weighted by Gasteiger charge is -2.14. The van der Waals surface area contributed by atoms with E-state index in [9.17, 15) is 18.4 Å². The highest BCUT2D eigenvalue weighted by molar-refractivity contribution is 8.00. The Morgan fingerprint density at radius 2 is 2.00 bits per heavy atom. The summed E-state index contributed by atoms with van der Waals surface area (Å²) in [6, 6.07) is 1.85. The van der Waals surface area contributed by atoms with Gasteiger partial charge in [0.1, 0.15) is 16.9 Å². The lowest BCUT2D eigenvalue weighted by atomic mass is 10.3. The zero-order chi connectivity index (χ0) is 15.3. The fourth-order valence-electron chi connectivity index (χ4n) is 1.49. The molecule has 0 fully saturated rings. The summed E-state index contributed by atoms with van der Waals surface area (Å²) in [5, 5.41) is 1.67. The normalized spacial score (nSPS) is 11.8. The lowest BCUT2D eigenvalue weighted by Crippen LogP contribution is -2.18. The largest absolute Gasteiger partial charge is 0.468 e. The minimum Gasteiger partial charge on any atom is -0.468 e. The van der Waals surface area contributed by atoms with E-state index in [1.807, 2.05) is 0 Å². The van der Waals surface area contributed by atoms with Gasteiger partial charge in [0.2, 0.25) is 5.91 Å². The third-order valence-electron chi connectivity index (χ3n) is 2.44. The molecule has 0 heterocycles. The summed E-state index contributed by atoms with van der Waals surface area (Å²) in [4.78, 5) is 22.5. The summed E-state index contributed by atoms with van der Waals surface area (Å²) in [5.41, 5.74) is -0.124. The van der Waals surface area contributed by atoms with Gasteiger partial charge in [-0.1, -0.05) is 6.92 Å². The van der Waals surface area contributed by atoms with Crippen LogP contribution < -0.4 is 5.32 Å². The number of rotatable bonds is 5. The van der Waals surface area contributed by atoms with E-state index in [1.54, 1.807) is 6.92 Å². The topological polar surface area (TPSA) is 55.4 Å². The highest BCUT2D eigenvalue weighted by Crippen LogP contribution is 2.32. The number of benzene rings is 1. The Labute approximate surface area is 119 Å². The van der Waals surface area contributed by atoms with Crippen LogP contribution in [0.5, 0.6) is 0 Å². The van der Waals surface area contributed by atoms with E-state index in [2.05, 4.69) is 10.1 Å². The van der Waals surface area contributed by atoms with Crippen molar-refractivity contribution < 1.29 is 23.1 Å². The number of hydrogen-bond donors (Lipinski definition) is 1. The van der Waals surface area contributed by atoms with Gasteiger partial charge in [-0.3, -0.25) is 9.59 Å². The second kappa shape index (κ2) is 7.23. The Kier molecular flexibility index (Phi) is 5.94. The molecule has 0 saturated carbocycles. The molecule has 20 heavy (non-hydrogen) atoms. The average molecular weight is 303 g/mol. The summed E-state index contributed by atoms with van der Waals surface area (Å²) >= 11 is 0.930. The maximum atomic E-state index is 13.7. The minimum absolute atomic E-state index is 0.0763. The molecule has 1 atom stereocenters. The molecule has 1 aromatic rings. The monoisotopic (exact) mass is 303 g/mol. The SMILES string of the molecule is CCC(Sc1cc(NC(C)=O)c(F)cc1F)C(=O)OC. The zero-order valence-electron chi connectivity index (χ0n) is 11.3. The number of hydrogen-bond acceptors (Lipinski definition) is 4. The second-order valence-electron chi connectivity index (χ2n) is 3.98. The molecule has 1 aromatic carbocycles. The smallest absolute Gasteiger partial charge is 0.319 e. The molecule has 4 nitrogen and oxygen atoms in total. The Morgan fingerprint density at radius 1 is 1.35 bits per heavy atom. The van der Waals surface area contributed by atoms with Crippen LogP contribution in [0.4, 0.5) is 14.5 Å². The summed E-state index contributed by atoms with van der Waals surface area (Å²) in [6.07, 6.45) is 0.434. The molecular weight excluding hydrogens is 288 g/mol. The van der Waals surface area contributed by atoms with Crippen LogP contribution >= 0.6 is 11.8 Å². The quantitative estimate of drug-likeness (QED) is 0.671. The number of esters is 1. The van der Waals surface area contributed by atoms with Gasteiger partial charge in [-0.15, -0.1) is 11.8 Å². The number of anilines is 1. The first kappa shape index (κ1) is 16.4. The fraction of sp³-hybridized carbons (Fsp3) is 0.385. The zero-order valence-corrected chi connectivity index (χ0v) is 12.1. The predicted molar refractivity (Wildman–Crippen MR) is 72.6 cm³/mol. The van der Waals surface area contributed by atoms with Gasteiger partial charge < -0.3 is 10.1 Å². The number of methoxy groups -OCH3 is 1.